The topological polar surface area (TPSA) is 262 Å². The fraction of sp³-hybridized carbons (Fsp3) is 0.333. The first-order valence-corrected chi connectivity index (χ1v) is 19.4. The van der Waals surface area contributed by atoms with Gasteiger partial charge in [-0.1, -0.05) is 27.7 Å². The van der Waals surface area contributed by atoms with Crippen molar-refractivity contribution in [3.8, 4) is 11.5 Å². The molecule has 0 saturated carbocycles. The van der Waals surface area contributed by atoms with Crippen molar-refractivity contribution >= 4 is 57.8 Å². The van der Waals surface area contributed by atoms with Gasteiger partial charge in [-0.25, -0.2) is 0 Å². The van der Waals surface area contributed by atoms with Crippen molar-refractivity contribution < 1.29 is 75.1 Å². The van der Waals surface area contributed by atoms with E-state index >= 15 is 0 Å². The highest BCUT2D eigenvalue weighted by molar-refractivity contribution is 5.98. The molecule has 4 amide bonds. The van der Waals surface area contributed by atoms with Crippen LogP contribution in [-0.2, 0) is 31.5 Å². The summed E-state index contributed by atoms with van der Waals surface area (Å²) < 4.78 is 89.0. The van der Waals surface area contributed by atoms with E-state index in [0.717, 1.165) is 26.0 Å². The van der Waals surface area contributed by atoms with Gasteiger partial charge in [0, 0.05) is 48.7 Å². The number of carbonyl (C=O) groups excluding carboxylic acids is 4. The molecule has 24 heteroatoms. The van der Waals surface area contributed by atoms with Crippen molar-refractivity contribution in [2.24, 2.45) is 0 Å². The highest BCUT2D eigenvalue weighted by Crippen LogP contribution is 2.39. The third kappa shape index (κ3) is 18.0. The summed E-state index contributed by atoms with van der Waals surface area (Å²) in [7, 11) is 0. The second kappa shape index (κ2) is 24.6. The summed E-state index contributed by atoms with van der Waals surface area (Å²) in [5, 5.41) is 51.5. The zero-order chi connectivity index (χ0) is 50.8. The second-order valence-corrected chi connectivity index (χ2v) is 13.4. The first-order valence-electron chi connectivity index (χ1n) is 19.4. The van der Waals surface area contributed by atoms with Crippen molar-refractivity contribution in [1.82, 2.24) is 0 Å². The number of anilines is 4. The molecule has 0 saturated heterocycles. The molecule has 0 aliphatic rings. The number of hydrogen-bond donors (Lipinski definition) is 6. The number of hydrogen-bond acceptors (Lipinski definition) is 12. The number of nitro groups is 2. The Morgan fingerprint density at radius 3 is 1.05 bits per heavy atom. The summed E-state index contributed by atoms with van der Waals surface area (Å²) in [4.78, 5) is 65.8. The molecule has 360 valence electrons. The lowest BCUT2D eigenvalue weighted by molar-refractivity contribution is -0.388. The number of rotatable bonds is 14. The molecule has 4 rings (SSSR count). The van der Waals surface area contributed by atoms with E-state index in [9.17, 15) is 76.0 Å². The minimum absolute atomic E-state index is 0.261. The van der Waals surface area contributed by atoms with E-state index in [2.05, 4.69) is 21.3 Å². The summed E-state index contributed by atoms with van der Waals surface area (Å²) in [6.07, 6.45) is -10.0. The first kappa shape index (κ1) is 56.7. The van der Waals surface area contributed by atoms with Crippen LogP contribution in [0.4, 0.5) is 60.5 Å². The Kier molecular flexibility index (Phi) is 21.2. The largest absolute Gasteiger partial charge is 0.490 e. The van der Waals surface area contributed by atoms with Crippen molar-refractivity contribution in [1.29, 1.82) is 0 Å². The van der Waals surface area contributed by atoms with Crippen molar-refractivity contribution in [3.63, 3.8) is 0 Å². The van der Waals surface area contributed by atoms with Gasteiger partial charge in [-0.2, -0.15) is 26.3 Å². The van der Waals surface area contributed by atoms with Crippen LogP contribution in [0.5, 0.6) is 11.5 Å². The quantitative estimate of drug-likeness (QED) is 0.0394. The van der Waals surface area contributed by atoms with Crippen molar-refractivity contribution in [2.75, 3.05) is 34.5 Å². The Morgan fingerprint density at radius 2 is 0.803 bits per heavy atom. The molecule has 0 spiro atoms. The number of aliphatic hydroxyl groups is 2. The zero-order valence-electron chi connectivity index (χ0n) is 36.6. The van der Waals surface area contributed by atoms with E-state index in [1.807, 2.05) is 27.7 Å². The Hall–Kier alpha value is -7.34. The molecule has 0 bridgehead atoms. The van der Waals surface area contributed by atoms with Crippen LogP contribution in [0.15, 0.2) is 84.9 Å². The molecule has 0 radical (unpaired) electrons. The molecular weight excluding hydrogens is 894 g/mol. The van der Waals surface area contributed by atoms with E-state index in [4.69, 9.17) is 9.47 Å². The number of benzene rings is 4. The first-order chi connectivity index (χ1) is 30.6. The number of amides is 4. The van der Waals surface area contributed by atoms with Crippen LogP contribution in [0.1, 0.15) is 66.5 Å². The van der Waals surface area contributed by atoms with Gasteiger partial charge in [0.2, 0.25) is 11.8 Å². The van der Waals surface area contributed by atoms with E-state index in [-0.39, 0.29) is 34.7 Å². The lowest BCUT2D eigenvalue weighted by Gasteiger charge is -2.23. The van der Waals surface area contributed by atoms with Gasteiger partial charge in [0.15, 0.2) is 11.2 Å². The minimum Gasteiger partial charge on any atom is -0.490 e. The number of alkyl halides is 6. The van der Waals surface area contributed by atoms with Crippen molar-refractivity contribution in [2.45, 2.75) is 78.9 Å². The van der Waals surface area contributed by atoms with E-state index < -0.39 is 80.9 Å². The lowest BCUT2D eigenvalue weighted by Crippen LogP contribution is -2.45. The highest BCUT2D eigenvalue weighted by atomic mass is 19.4. The Bertz CT molecular complexity index is 2140. The summed E-state index contributed by atoms with van der Waals surface area (Å²) in [5.74, 6) is -2.18. The Morgan fingerprint density at radius 1 is 0.530 bits per heavy atom. The van der Waals surface area contributed by atoms with Gasteiger partial charge in [0.1, 0.15) is 35.8 Å². The van der Waals surface area contributed by atoms with Crippen LogP contribution < -0.4 is 30.7 Å². The molecule has 0 aromatic heterocycles. The number of carbonyl (C=O) groups is 4. The maximum atomic E-state index is 13.1. The van der Waals surface area contributed by atoms with E-state index in [1.165, 1.54) is 62.4 Å². The fourth-order valence-electron chi connectivity index (χ4n) is 4.79. The van der Waals surface area contributed by atoms with Crippen LogP contribution in [0.3, 0.4) is 0 Å². The molecule has 66 heavy (non-hydrogen) atoms. The molecule has 0 heterocycles. The zero-order valence-corrected chi connectivity index (χ0v) is 36.6. The Labute approximate surface area is 373 Å². The third-order valence-corrected chi connectivity index (χ3v) is 7.88. The fourth-order valence-corrected chi connectivity index (χ4v) is 4.79. The van der Waals surface area contributed by atoms with Gasteiger partial charge in [-0.3, -0.25) is 39.4 Å². The van der Waals surface area contributed by atoms with Gasteiger partial charge in [-0.05, 0) is 86.6 Å². The van der Waals surface area contributed by atoms with Crippen LogP contribution in [0, 0.1) is 20.2 Å². The molecule has 6 N–H and O–H groups in total. The maximum Gasteiger partial charge on any atom is 0.423 e. The molecule has 0 aliphatic heterocycles. The number of nitrogens with zero attached hydrogens (tertiary/aromatic N) is 2. The molecule has 0 unspecified atom stereocenters. The van der Waals surface area contributed by atoms with Gasteiger partial charge in [0.25, 0.3) is 23.2 Å². The van der Waals surface area contributed by atoms with Gasteiger partial charge >= 0.3 is 12.4 Å². The molecule has 18 nitrogen and oxygen atoms in total. The lowest BCUT2D eigenvalue weighted by atomic mass is 10.1. The standard InChI is InChI=1S/2C19H18F3N3O6.2C2H6/c2*1-11(26)23-12-3-6-14(7-4-12)31-10-18(2,28)17(27)24-13-5-8-16(25(29)30)15(9-13)19(20,21)22;2*1-2/h2*3-9,28H,10H2,1-2H3,(H,23,26)(H,24,27);2*1-2H3/t2*18-;;/m00../s1. The van der Waals surface area contributed by atoms with Gasteiger partial charge in [-0.15, -0.1) is 0 Å². The van der Waals surface area contributed by atoms with Crippen LogP contribution in [-0.4, -0.2) is 68.1 Å². The van der Waals surface area contributed by atoms with Crippen LogP contribution >= 0.6 is 0 Å². The van der Waals surface area contributed by atoms with Gasteiger partial charge in [0.05, 0.1) is 9.85 Å². The monoisotopic (exact) mass is 942 g/mol. The highest BCUT2D eigenvalue weighted by Gasteiger charge is 2.40. The summed E-state index contributed by atoms with van der Waals surface area (Å²) in [6, 6.07) is 15.9. The molecular formula is C42H48F6N6O12. The minimum atomic E-state index is -5.02. The molecule has 2 atom stereocenters. The van der Waals surface area contributed by atoms with E-state index in [1.54, 1.807) is 0 Å². The number of nitro benzene ring substituents is 2. The summed E-state index contributed by atoms with van der Waals surface area (Å²) >= 11 is 0. The second-order valence-electron chi connectivity index (χ2n) is 13.4. The van der Waals surface area contributed by atoms with Crippen LogP contribution in [0.2, 0.25) is 0 Å². The Balaban J connectivity index is 0.000000614. The average molecular weight is 943 g/mol. The molecule has 0 aliphatic carbocycles. The van der Waals surface area contributed by atoms with Gasteiger partial charge < -0.3 is 41.0 Å². The predicted octanol–water partition coefficient (Wildman–Crippen LogP) is 8.73. The summed E-state index contributed by atoms with van der Waals surface area (Å²) in [5.41, 5.74) is -9.45. The normalized spacial score (nSPS) is 12.5. The molecule has 4 aromatic carbocycles. The molecule has 4 aromatic rings. The SMILES string of the molecule is CC.CC.CC(=O)Nc1ccc(OC[C@](C)(O)C(=O)Nc2ccc([N+](=O)[O-])c(C(F)(F)F)c2)cc1.CC(=O)Nc1ccc(OC[C@](C)(O)C(=O)Nc2ccc([N+](=O)[O-])c(C(F)(F)F)c2)cc1. The van der Waals surface area contributed by atoms with Crippen molar-refractivity contribution in [3.05, 3.63) is 116 Å². The maximum absolute atomic E-state index is 13.1. The number of ether oxygens (including phenoxy) is 2. The van der Waals surface area contributed by atoms with Crippen LogP contribution in [0.25, 0.3) is 0 Å². The predicted molar refractivity (Wildman–Crippen MR) is 230 cm³/mol. The molecule has 0 fully saturated rings. The number of nitrogens with one attached hydrogen (secondary N) is 4. The van der Waals surface area contributed by atoms with E-state index in [0.29, 0.717) is 35.6 Å². The summed E-state index contributed by atoms with van der Waals surface area (Å²) in [6.45, 7) is 11.8. The third-order valence-electron chi connectivity index (χ3n) is 7.88. The number of halogens is 6. The smallest absolute Gasteiger partial charge is 0.423 e. The average Bonchev–Trinajstić information content (AvgIpc) is 3.23.